The molecule has 4 rings (SSSR count). The number of sulfonamides is 2. The molecule has 0 aliphatic carbocycles. The van der Waals surface area contributed by atoms with Crippen LogP contribution in [0.1, 0.15) is 28.8 Å². The first-order valence-electron chi connectivity index (χ1n) is 10.8. The number of aromatic hydroxyl groups is 1. The van der Waals surface area contributed by atoms with Gasteiger partial charge in [-0.15, -0.1) is 0 Å². The van der Waals surface area contributed by atoms with Crippen molar-refractivity contribution in [3.8, 4) is 5.75 Å². The van der Waals surface area contributed by atoms with E-state index in [1.54, 1.807) is 17.9 Å². The Labute approximate surface area is 194 Å². The van der Waals surface area contributed by atoms with Gasteiger partial charge in [0.2, 0.25) is 20.0 Å². The molecule has 2 saturated heterocycles. The summed E-state index contributed by atoms with van der Waals surface area (Å²) in [6, 6.07) is 10.3. The van der Waals surface area contributed by atoms with E-state index in [2.05, 4.69) is 0 Å². The fraction of sp³-hybridized carbons (Fsp3) is 0.409. The summed E-state index contributed by atoms with van der Waals surface area (Å²) in [5, 5.41) is 10.0. The molecule has 2 heterocycles. The minimum atomic E-state index is -3.89. The van der Waals surface area contributed by atoms with E-state index in [0.717, 1.165) is 18.4 Å². The minimum Gasteiger partial charge on any atom is -0.507 e. The number of amides is 1. The van der Waals surface area contributed by atoms with Gasteiger partial charge < -0.3 is 10.0 Å². The predicted octanol–water partition coefficient (Wildman–Crippen LogP) is 1.63. The third-order valence-electron chi connectivity index (χ3n) is 6.06. The second-order valence-electron chi connectivity index (χ2n) is 8.30. The Bertz CT molecular complexity index is 1250. The number of carbonyl (C=O) groups excluding carboxylic acids is 1. The molecule has 33 heavy (non-hydrogen) atoms. The van der Waals surface area contributed by atoms with E-state index >= 15 is 0 Å². The third kappa shape index (κ3) is 4.63. The van der Waals surface area contributed by atoms with Gasteiger partial charge in [0.1, 0.15) is 10.6 Å². The fourth-order valence-electron chi connectivity index (χ4n) is 4.13. The zero-order valence-electron chi connectivity index (χ0n) is 18.3. The molecule has 1 amide bonds. The van der Waals surface area contributed by atoms with Gasteiger partial charge in [-0.1, -0.05) is 6.07 Å². The van der Waals surface area contributed by atoms with Crippen LogP contribution in [0, 0.1) is 6.92 Å². The molecule has 178 valence electrons. The summed E-state index contributed by atoms with van der Waals surface area (Å²) in [6.45, 7) is 3.35. The van der Waals surface area contributed by atoms with E-state index in [1.807, 2.05) is 0 Å². The molecule has 0 saturated carbocycles. The van der Waals surface area contributed by atoms with Crippen molar-refractivity contribution in [2.24, 2.45) is 0 Å². The summed E-state index contributed by atoms with van der Waals surface area (Å²) in [5.74, 6) is -0.585. The van der Waals surface area contributed by atoms with Gasteiger partial charge in [-0.25, -0.2) is 16.8 Å². The number of nitrogens with zero attached hydrogens (tertiary/aromatic N) is 3. The van der Waals surface area contributed by atoms with Crippen LogP contribution in [0.15, 0.2) is 52.3 Å². The van der Waals surface area contributed by atoms with Crippen molar-refractivity contribution in [1.82, 2.24) is 13.5 Å². The van der Waals surface area contributed by atoms with Crippen molar-refractivity contribution in [2.45, 2.75) is 29.6 Å². The van der Waals surface area contributed by atoms with Crippen molar-refractivity contribution >= 4 is 26.0 Å². The van der Waals surface area contributed by atoms with Gasteiger partial charge in [0.25, 0.3) is 5.91 Å². The number of benzene rings is 2. The summed E-state index contributed by atoms with van der Waals surface area (Å²) in [6.07, 6.45) is 1.70. The lowest BCUT2D eigenvalue weighted by Gasteiger charge is -2.34. The van der Waals surface area contributed by atoms with Crippen molar-refractivity contribution in [2.75, 3.05) is 39.3 Å². The molecule has 11 heteroatoms. The number of rotatable bonds is 5. The molecule has 0 aromatic heterocycles. The summed E-state index contributed by atoms with van der Waals surface area (Å²) < 4.78 is 53.9. The van der Waals surface area contributed by atoms with Gasteiger partial charge in [-0.3, -0.25) is 4.79 Å². The zero-order chi connectivity index (χ0) is 23.8. The minimum absolute atomic E-state index is 0.100. The van der Waals surface area contributed by atoms with Crippen molar-refractivity contribution in [1.29, 1.82) is 0 Å². The standard InChI is InChI=1S/C22H27N3O6S2/c1-17-4-9-20(26)21(16-17)33(30,31)25-14-12-23(13-15-25)22(27)18-5-7-19(8-6-18)32(28,29)24-10-2-3-11-24/h4-9,16,26H,2-3,10-15H2,1H3. The molecular formula is C22H27N3O6S2. The van der Waals surface area contributed by atoms with E-state index in [0.29, 0.717) is 18.7 Å². The molecule has 2 aliphatic rings. The van der Waals surface area contributed by atoms with Gasteiger partial charge in [-0.2, -0.15) is 8.61 Å². The van der Waals surface area contributed by atoms with E-state index in [1.165, 1.54) is 45.0 Å². The molecule has 0 unspecified atom stereocenters. The van der Waals surface area contributed by atoms with E-state index in [-0.39, 0.29) is 47.6 Å². The van der Waals surface area contributed by atoms with Crippen molar-refractivity contribution in [3.63, 3.8) is 0 Å². The second kappa shape index (κ2) is 9.05. The van der Waals surface area contributed by atoms with Gasteiger partial charge in [-0.05, 0) is 61.7 Å². The number of piperazine rings is 1. The topological polar surface area (TPSA) is 115 Å². The fourth-order valence-corrected chi connectivity index (χ4v) is 7.23. The highest BCUT2D eigenvalue weighted by molar-refractivity contribution is 7.89. The molecule has 2 aromatic carbocycles. The van der Waals surface area contributed by atoms with E-state index in [9.17, 15) is 26.7 Å². The molecule has 9 nitrogen and oxygen atoms in total. The number of aryl methyl sites for hydroxylation is 1. The summed E-state index contributed by atoms with van der Waals surface area (Å²) in [7, 11) is -7.43. The van der Waals surface area contributed by atoms with Crippen molar-refractivity contribution in [3.05, 3.63) is 53.6 Å². The first kappa shape index (κ1) is 23.7. The Kier molecular flexibility index (Phi) is 6.50. The van der Waals surface area contributed by atoms with Crippen LogP contribution in [0.25, 0.3) is 0 Å². The molecule has 0 radical (unpaired) electrons. The zero-order valence-corrected chi connectivity index (χ0v) is 20.0. The maximum atomic E-state index is 12.9. The Morgan fingerprint density at radius 3 is 1.97 bits per heavy atom. The number of hydrogen-bond donors (Lipinski definition) is 1. The SMILES string of the molecule is Cc1ccc(O)c(S(=O)(=O)N2CCN(C(=O)c3ccc(S(=O)(=O)N4CCCC4)cc3)CC2)c1. The Balaban J connectivity index is 1.43. The van der Waals surface area contributed by atoms with Gasteiger partial charge in [0.15, 0.2) is 0 Å². The van der Waals surface area contributed by atoms with Crippen molar-refractivity contribution < 1.29 is 26.7 Å². The van der Waals surface area contributed by atoms with E-state index < -0.39 is 20.0 Å². The van der Waals surface area contributed by atoms with Crippen LogP contribution in [-0.2, 0) is 20.0 Å². The molecule has 0 atom stereocenters. The predicted molar refractivity (Wildman–Crippen MR) is 122 cm³/mol. The lowest BCUT2D eigenvalue weighted by Crippen LogP contribution is -2.50. The van der Waals surface area contributed by atoms with Crippen LogP contribution in [-0.4, -0.2) is 80.6 Å². The van der Waals surface area contributed by atoms with Crippen LogP contribution >= 0.6 is 0 Å². The van der Waals surface area contributed by atoms with Crippen LogP contribution in [0.3, 0.4) is 0 Å². The first-order valence-corrected chi connectivity index (χ1v) is 13.7. The highest BCUT2D eigenvalue weighted by atomic mass is 32.2. The average molecular weight is 494 g/mol. The van der Waals surface area contributed by atoms with Gasteiger partial charge in [0.05, 0.1) is 4.90 Å². The summed E-state index contributed by atoms with van der Waals surface area (Å²) in [5.41, 5.74) is 1.07. The van der Waals surface area contributed by atoms with Crippen LogP contribution in [0.5, 0.6) is 5.75 Å². The highest BCUT2D eigenvalue weighted by Gasteiger charge is 2.32. The van der Waals surface area contributed by atoms with Gasteiger partial charge >= 0.3 is 0 Å². The summed E-state index contributed by atoms with van der Waals surface area (Å²) >= 11 is 0. The lowest BCUT2D eigenvalue weighted by molar-refractivity contribution is 0.0697. The Hall–Kier alpha value is -2.47. The molecule has 0 bridgehead atoms. The highest BCUT2D eigenvalue weighted by Crippen LogP contribution is 2.28. The monoisotopic (exact) mass is 493 g/mol. The molecule has 1 N–H and O–H groups in total. The normalized spacial score (nSPS) is 18.5. The number of phenols is 1. The third-order valence-corrected chi connectivity index (χ3v) is 9.90. The maximum absolute atomic E-state index is 12.9. The van der Waals surface area contributed by atoms with Crippen LogP contribution in [0.2, 0.25) is 0 Å². The molecular weight excluding hydrogens is 466 g/mol. The van der Waals surface area contributed by atoms with Gasteiger partial charge in [0, 0.05) is 44.8 Å². The quantitative estimate of drug-likeness (QED) is 0.677. The smallest absolute Gasteiger partial charge is 0.253 e. The Morgan fingerprint density at radius 1 is 0.788 bits per heavy atom. The molecule has 0 spiro atoms. The Morgan fingerprint density at radius 2 is 1.36 bits per heavy atom. The lowest BCUT2D eigenvalue weighted by atomic mass is 10.2. The maximum Gasteiger partial charge on any atom is 0.253 e. The molecule has 2 aliphatic heterocycles. The number of phenolic OH excluding ortho intramolecular Hbond substituents is 1. The van der Waals surface area contributed by atoms with Crippen LogP contribution in [0.4, 0.5) is 0 Å². The van der Waals surface area contributed by atoms with E-state index in [4.69, 9.17) is 0 Å². The number of carbonyl (C=O) groups is 1. The first-order chi connectivity index (χ1) is 15.6. The summed E-state index contributed by atoms with van der Waals surface area (Å²) in [4.78, 5) is 14.5. The average Bonchev–Trinajstić information content (AvgIpc) is 3.36. The number of hydrogen-bond acceptors (Lipinski definition) is 6. The molecule has 2 aromatic rings. The second-order valence-corrected chi connectivity index (χ2v) is 12.1. The molecule has 2 fully saturated rings. The van der Waals surface area contributed by atoms with Crippen LogP contribution < -0.4 is 0 Å². The largest absolute Gasteiger partial charge is 0.507 e.